The van der Waals surface area contributed by atoms with E-state index in [-0.39, 0.29) is 0 Å². The highest BCUT2D eigenvalue weighted by molar-refractivity contribution is 5.59. The molecule has 8 heteroatoms. The van der Waals surface area contributed by atoms with Crippen molar-refractivity contribution in [2.24, 2.45) is 0 Å². The first kappa shape index (κ1) is 12.9. The molecule has 0 aromatic heterocycles. The maximum atomic E-state index is 12.0. The second-order valence-electron chi connectivity index (χ2n) is 2.51. The van der Waals surface area contributed by atoms with Crippen molar-refractivity contribution >= 4 is 6.16 Å². The van der Waals surface area contributed by atoms with E-state index in [1.165, 1.54) is 0 Å². The van der Waals surface area contributed by atoms with Gasteiger partial charge in [-0.15, -0.1) is 0 Å². The average molecular weight is 222 g/mol. The van der Waals surface area contributed by atoms with Gasteiger partial charge in [0, 0.05) is 6.92 Å². The Balaban J connectivity index is 3.68. The van der Waals surface area contributed by atoms with Crippen LogP contribution < -0.4 is 0 Å². The topological polar surface area (TPSA) is 35.5 Å². The minimum atomic E-state index is -4.70. The zero-order chi connectivity index (χ0) is 11.4. The van der Waals surface area contributed by atoms with Gasteiger partial charge in [0.15, 0.2) is 13.2 Å². The van der Waals surface area contributed by atoms with Crippen LogP contribution in [0.5, 0.6) is 0 Å². The molecular weight excluding hydrogens is 215 g/mol. The minimum Gasteiger partial charge on any atom is -0.428 e. The monoisotopic (exact) mass is 222 g/mol. The highest BCUT2D eigenvalue weighted by atomic mass is 19.4. The van der Waals surface area contributed by atoms with Gasteiger partial charge in [-0.25, -0.2) is 13.6 Å². The molecule has 0 bridgehead atoms. The molecule has 0 atom stereocenters. The molecule has 0 fully saturated rings. The van der Waals surface area contributed by atoms with E-state index in [9.17, 15) is 26.7 Å². The van der Waals surface area contributed by atoms with Crippen LogP contribution in [0.1, 0.15) is 6.92 Å². The first-order valence-electron chi connectivity index (χ1n) is 3.34. The molecule has 84 valence electrons. The van der Waals surface area contributed by atoms with Gasteiger partial charge >= 0.3 is 12.3 Å². The summed E-state index contributed by atoms with van der Waals surface area (Å²) in [5.41, 5.74) is 0. The van der Waals surface area contributed by atoms with Crippen LogP contribution in [-0.4, -0.2) is 31.5 Å². The molecule has 14 heavy (non-hydrogen) atoms. The predicted octanol–water partition coefficient (Wildman–Crippen LogP) is 2.36. The molecule has 0 unspecified atom stereocenters. The lowest BCUT2D eigenvalue weighted by Gasteiger charge is -2.11. The number of alkyl halides is 5. The summed E-state index contributed by atoms with van der Waals surface area (Å²) in [5, 5.41) is 0. The van der Waals surface area contributed by atoms with Crippen molar-refractivity contribution in [2.45, 2.75) is 19.0 Å². The number of carbonyl (C=O) groups excluding carboxylic acids is 1. The molecule has 0 aromatic rings. The summed E-state index contributed by atoms with van der Waals surface area (Å²) in [6.45, 7) is -2.73. The van der Waals surface area contributed by atoms with Crippen LogP contribution in [0, 0.1) is 0 Å². The van der Waals surface area contributed by atoms with Crippen molar-refractivity contribution in [1.29, 1.82) is 0 Å². The van der Waals surface area contributed by atoms with Crippen molar-refractivity contribution in [3.8, 4) is 0 Å². The molecule has 0 heterocycles. The third kappa shape index (κ3) is 9.01. The van der Waals surface area contributed by atoms with Crippen LogP contribution in [0.3, 0.4) is 0 Å². The number of hydrogen-bond acceptors (Lipinski definition) is 3. The fraction of sp³-hybridized carbons (Fsp3) is 0.833. The van der Waals surface area contributed by atoms with Gasteiger partial charge in [0.05, 0.1) is 0 Å². The Bertz CT molecular complexity index is 175. The van der Waals surface area contributed by atoms with Gasteiger partial charge in [-0.3, -0.25) is 0 Å². The summed E-state index contributed by atoms with van der Waals surface area (Å²) in [7, 11) is 0. The van der Waals surface area contributed by atoms with Crippen LogP contribution in [0.4, 0.5) is 26.7 Å². The summed E-state index contributed by atoms with van der Waals surface area (Å²) in [6.07, 6.45) is -6.47. The van der Waals surface area contributed by atoms with Gasteiger partial charge in [-0.2, -0.15) is 13.2 Å². The molecule has 0 aromatic carbocycles. The standard InChI is InChI=1S/C6H7F5O3/c1-5(7,8)2-13-4(12)14-3-6(9,10)11/h2-3H2,1H3. The number of carbonyl (C=O) groups is 1. The van der Waals surface area contributed by atoms with Gasteiger partial charge < -0.3 is 9.47 Å². The molecule has 0 saturated carbocycles. The second kappa shape index (κ2) is 4.43. The third-order valence-electron chi connectivity index (χ3n) is 0.797. The van der Waals surface area contributed by atoms with Crippen molar-refractivity contribution in [1.82, 2.24) is 0 Å². The number of halogens is 5. The molecule has 0 saturated heterocycles. The van der Waals surface area contributed by atoms with Crippen LogP contribution >= 0.6 is 0 Å². The Kier molecular flexibility index (Phi) is 4.08. The van der Waals surface area contributed by atoms with Gasteiger partial charge in [0.25, 0.3) is 5.92 Å². The first-order valence-corrected chi connectivity index (χ1v) is 3.34. The second-order valence-corrected chi connectivity index (χ2v) is 2.51. The molecule has 0 aliphatic carbocycles. The molecule has 3 nitrogen and oxygen atoms in total. The summed E-state index contributed by atoms with van der Waals surface area (Å²) < 4.78 is 65.4. The Morgan fingerprint density at radius 1 is 1.07 bits per heavy atom. The van der Waals surface area contributed by atoms with E-state index < -0.39 is 31.5 Å². The molecular formula is C6H7F5O3. The van der Waals surface area contributed by atoms with E-state index in [2.05, 4.69) is 9.47 Å². The Hall–Kier alpha value is -1.08. The summed E-state index contributed by atoms with van der Waals surface area (Å²) >= 11 is 0. The lowest BCUT2D eigenvalue weighted by molar-refractivity contribution is -0.167. The highest BCUT2D eigenvalue weighted by Crippen LogP contribution is 2.15. The van der Waals surface area contributed by atoms with Gasteiger partial charge in [0.1, 0.15) is 0 Å². The molecule has 0 N–H and O–H groups in total. The SMILES string of the molecule is CC(F)(F)COC(=O)OCC(F)(F)F. The normalized spacial score (nSPS) is 12.4. The van der Waals surface area contributed by atoms with Crippen LogP contribution in [0.15, 0.2) is 0 Å². The zero-order valence-electron chi connectivity index (χ0n) is 7.03. The Morgan fingerprint density at radius 2 is 1.50 bits per heavy atom. The maximum Gasteiger partial charge on any atom is 0.508 e. The maximum absolute atomic E-state index is 12.0. The quantitative estimate of drug-likeness (QED) is 0.543. The van der Waals surface area contributed by atoms with Crippen LogP contribution in [0.25, 0.3) is 0 Å². The van der Waals surface area contributed by atoms with Gasteiger partial charge in [-0.05, 0) is 0 Å². The number of ether oxygens (including phenoxy) is 2. The van der Waals surface area contributed by atoms with E-state index in [0.29, 0.717) is 6.92 Å². The molecule has 0 spiro atoms. The lowest BCUT2D eigenvalue weighted by Crippen LogP contribution is -2.25. The first-order chi connectivity index (χ1) is 6.10. The Morgan fingerprint density at radius 3 is 1.86 bits per heavy atom. The largest absolute Gasteiger partial charge is 0.508 e. The molecule has 0 rings (SSSR count). The van der Waals surface area contributed by atoms with Gasteiger partial charge in [-0.1, -0.05) is 0 Å². The molecule has 0 aliphatic heterocycles. The highest BCUT2D eigenvalue weighted by Gasteiger charge is 2.31. The third-order valence-corrected chi connectivity index (χ3v) is 0.797. The summed E-state index contributed by atoms with van der Waals surface area (Å²) in [4.78, 5) is 10.3. The van der Waals surface area contributed by atoms with E-state index >= 15 is 0 Å². The molecule has 0 radical (unpaired) electrons. The predicted molar refractivity (Wildman–Crippen MR) is 34.0 cm³/mol. The average Bonchev–Trinajstić information content (AvgIpc) is 1.94. The Labute approximate surface area is 75.8 Å². The van der Waals surface area contributed by atoms with E-state index in [0.717, 1.165) is 0 Å². The fourth-order valence-electron chi connectivity index (χ4n) is 0.368. The van der Waals surface area contributed by atoms with Gasteiger partial charge in [0.2, 0.25) is 0 Å². The summed E-state index contributed by atoms with van der Waals surface area (Å²) in [6, 6.07) is 0. The van der Waals surface area contributed by atoms with E-state index in [1.807, 2.05) is 0 Å². The van der Waals surface area contributed by atoms with Crippen molar-refractivity contribution < 1.29 is 36.2 Å². The van der Waals surface area contributed by atoms with E-state index in [1.54, 1.807) is 0 Å². The minimum absolute atomic E-state index is 0.448. The lowest BCUT2D eigenvalue weighted by atomic mass is 10.4. The van der Waals surface area contributed by atoms with Crippen molar-refractivity contribution in [2.75, 3.05) is 13.2 Å². The molecule has 0 aliphatic rings. The summed E-state index contributed by atoms with van der Waals surface area (Å²) in [5.74, 6) is -3.29. The van der Waals surface area contributed by atoms with Crippen molar-refractivity contribution in [3.05, 3.63) is 0 Å². The van der Waals surface area contributed by atoms with Crippen LogP contribution in [0.2, 0.25) is 0 Å². The van der Waals surface area contributed by atoms with Crippen molar-refractivity contribution in [3.63, 3.8) is 0 Å². The number of rotatable bonds is 3. The van der Waals surface area contributed by atoms with Crippen LogP contribution in [-0.2, 0) is 9.47 Å². The zero-order valence-corrected chi connectivity index (χ0v) is 7.03. The smallest absolute Gasteiger partial charge is 0.428 e. The van der Waals surface area contributed by atoms with E-state index in [4.69, 9.17) is 0 Å². The number of hydrogen-bond donors (Lipinski definition) is 0. The molecule has 0 amide bonds. The fourth-order valence-corrected chi connectivity index (χ4v) is 0.368.